The second kappa shape index (κ2) is 6.96. The third-order valence-electron chi connectivity index (χ3n) is 5.82. The summed E-state index contributed by atoms with van der Waals surface area (Å²) in [6.07, 6.45) is 10.1. The number of hydrogen-bond donors (Lipinski definition) is 0. The summed E-state index contributed by atoms with van der Waals surface area (Å²) in [5, 5.41) is 4.91. The predicted octanol–water partition coefficient (Wildman–Crippen LogP) is 1.74. The van der Waals surface area contributed by atoms with Crippen LogP contribution in [0.2, 0.25) is 0 Å². The summed E-state index contributed by atoms with van der Waals surface area (Å²) in [6.45, 7) is 2.93. The van der Waals surface area contributed by atoms with Gasteiger partial charge in [-0.1, -0.05) is 0 Å². The van der Waals surface area contributed by atoms with Crippen molar-refractivity contribution >= 4 is 10.0 Å². The Morgan fingerprint density at radius 3 is 2.61 bits per heavy atom. The Hall–Kier alpha value is -1.71. The summed E-state index contributed by atoms with van der Waals surface area (Å²) in [7, 11) is -1.86. The van der Waals surface area contributed by atoms with Crippen LogP contribution in [0.1, 0.15) is 42.9 Å². The van der Waals surface area contributed by atoms with E-state index in [0.29, 0.717) is 25.6 Å². The minimum Gasteiger partial charge on any atom is -0.380 e. The van der Waals surface area contributed by atoms with Gasteiger partial charge in [0.2, 0.25) is 0 Å². The number of ether oxygens (including phenoxy) is 1. The quantitative estimate of drug-likeness (QED) is 0.668. The highest BCUT2D eigenvalue weighted by atomic mass is 32.2. The highest BCUT2D eigenvalue weighted by molar-refractivity contribution is 7.89. The molecule has 0 spiro atoms. The van der Waals surface area contributed by atoms with Crippen LogP contribution in [0.4, 0.5) is 0 Å². The maximum atomic E-state index is 13.1. The van der Waals surface area contributed by atoms with E-state index in [1.54, 1.807) is 17.8 Å². The Labute approximate surface area is 165 Å². The number of sulfonamides is 1. The molecule has 2 aliphatic carbocycles. The van der Waals surface area contributed by atoms with Gasteiger partial charge < -0.3 is 9.30 Å². The Bertz CT molecular complexity index is 958. The minimum atomic E-state index is -3.64. The molecule has 0 amide bonds. The normalized spacial score (nSPS) is 23.1. The van der Waals surface area contributed by atoms with Crippen LogP contribution in [0.25, 0.3) is 0 Å². The molecule has 0 N–H and O–H groups in total. The van der Waals surface area contributed by atoms with Crippen molar-refractivity contribution in [2.75, 3.05) is 19.8 Å². The number of rotatable bonds is 8. The molecule has 0 aromatic carbocycles. The molecule has 0 saturated heterocycles. The molecule has 0 radical (unpaired) electrons. The summed E-state index contributed by atoms with van der Waals surface area (Å²) < 4.78 is 37.4. The van der Waals surface area contributed by atoms with Gasteiger partial charge in [0.15, 0.2) is 5.03 Å². The lowest BCUT2D eigenvalue weighted by molar-refractivity contribution is 0.101. The Morgan fingerprint density at radius 1 is 1.14 bits per heavy atom. The third-order valence-corrected chi connectivity index (χ3v) is 7.52. The standard InChI is InChI=1S/C19H27N5O3S/c1-22-10-18(20-13-22)28(25,26)24-8-16-7-23(6-14-2-3-14)21-19(16)17(9-24)12-27-11-15-4-5-15/h7,10,13-15,17H,2-6,8-9,11-12H2,1H3. The predicted molar refractivity (Wildman–Crippen MR) is 102 cm³/mol. The van der Waals surface area contributed by atoms with Crippen molar-refractivity contribution in [1.29, 1.82) is 0 Å². The van der Waals surface area contributed by atoms with Crippen molar-refractivity contribution in [3.8, 4) is 0 Å². The Balaban J connectivity index is 1.39. The summed E-state index contributed by atoms with van der Waals surface area (Å²) in [5.41, 5.74) is 2.00. The van der Waals surface area contributed by atoms with E-state index in [-0.39, 0.29) is 10.9 Å². The second-order valence-electron chi connectivity index (χ2n) is 8.56. The first-order valence-corrected chi connectivity index (χ1v) is 11.5. The fourth-order valence-electron chi connectivity index (χ4n) is 3.82. The van der Waals surface area contributed by atoms with Crippen LogP contribution >= 0.6 is 0 Å². The van der Waals surface area contributed by atoms with E-state index in [4.69, 9.17) is 9.84 Å². The van der Waals surface area contributed by atoms with Crippen molar-refractivity contribution in [2.24, 2.45) is 18.9 Å². The van der Waals surface area contributed by atoms with Gasteiger partial charge in [-0.3, -0.25) is 4.68 Å². The molecule has 152 valence electrons. The second-order valence-corrected chi connectivity index (χ2v) is 10.4. The van der Waals surface area contributed by atoms with Crippen LogP contribution in [-0.4, -0.2) is 51.8 Å². The minimum absolute atomic E-state index is 0.0403. The van der Waals surface area contributed by atoms with Crippen molar-refractivity contribution in [2.45, 2.75) is 49.7 Å². The summed E-state index contributed by atoms with van der Waals surface area (Å²) in [5.74, 6) is 1.37. The summed E-state index contributed by atoms with van der Waals surface area (Å²) >= 11 is 0. The first kappa shape index (κ1) is 18.3. The van der Waals surface area contributed by atoms with Gasteiger partial charge in [0.25, 0.3) is 10.0 Å². The fourth-order valence-corrected chi connectivity index (χ4v) is 5.25. The SMILES string of the molecule is Cn1cnc(S(=O)(=O)N2Cc3cn(CC4CC4)nc3C(COCC3CC3)C2)c1. The smallest absolute Gasteiger partial charge is 0.262 e. The van der Waals surface area contributed by atoms with Crippen LogP contribution in [-0.2, 0) is 34.9 Å². The average Bonchev–Trinajstić information content (AvgIpc) is 3.56. The van der Waals surface area contributed by atoms with Crippen LogP contribution in [0.5, 0.6) is 0 Å². The topological polar surface area (TPSA) is 82.3 Å². The fraction of sp³-hybridized carbons (Fsp3) is 0.684. The van der Waals surface area contributed by atoms with Crippen LogP contribution in [0.15, 0.2) is 23.7 Å². The number of nitrogens with zero attached hydrogens (tertiary/aromatic N) is 5. The van der Waals surface area contributed by atoms with E-state index in [2.05, 4.69) is 4.98 Å². The zero-order chi connectivity index (χ0) is 19.3. The van der Waals surface area contributed by atoms with E-state index in [0.717, 1.165) is 30.3 Å². The zero-order valence-corrected chi connectivity index (χ0v) is 17.0. The van der Waals surface area contributed by atoms with E-state index in [9.17, 15) is 8.42 Å². The molecule has 2 fully saturated rings. The van der Waals surface area contributed by atoms with Gasteiger partial charge in [-0.15, -0.1) is 0 Å². The monoisotopic (exact) mass is 405 g/mol. The van der Waals surface area contributed by atoms with Gasteiger partial charge in [-0.2, -0.15) is 9.40 Å². The molecule has 2 aromatic rings. The first-order chi connectivity index (χ1) is 13.5. The summed E-state index contributed by atoms with van der Waals surface area (Å²) in [4.78, 5) is 4.07. The lowest BCUT2D eigenvalue weighted by atomic mass is 9.99. The number of fused-ring (bicyclic) bond motifs is 1. The van der Waals surface area contributed by atoms with E-state index >= 15 is 0 Å². The Kier molecular flexibility index (Phi) is 4.56. The number of aromatic nitrogens is 4. The molecule has 2 aromatic heterocycles. The van der Waals surface area contributed by atoms with E-state index < -0.39 is 10.0 Å². The van der Waals surface area contributed by atoms with Crippen LogP contribution in [0.3, 0.4) is 0 Å². The molecular weight excluding hydrogens is 378 g/mol. The molecule has 1 aliphatic heterocycles. The van der Waals surface area contributed by atoms with Crippen molar-refractivity contribution < 1.29 is 13.2 Å². The third kappa shape index (κ3) is 3.75. The molecule has 8 nitrogen and oxygen atoms in total. The molecule has 0 bridgehead atoms. The lowest BCUT2D eigenvalue weighted by Crippen LogP contribution is -2.39. The molecule has 1 atom stereocenters. The molecule has 3 heterocycles. The molecule has 3 aliphatic rings. The van der Waals surface area contributed by atoms with Crippen molar-refractivity contribution in [3.63, 3.8) is 0 Å². The summed E-state index contributed by atoms with van der Waals surface area (Å²) in [6, 6.07) is 0. The first-order valence-electron chi connectivity index (χ1n) is 10.1. The van der Waals surface area contributed by atoms with Crippen molar-refractivity contribution in [3.05, 3.63) is 30.0 Å². The number of imidazole rings is 1. The van der Waals surface area contributed by atoms with Gasteiger partial charge in [0.1, 0.15) is 0 Å². The van der Waals surface area contributed by atoms with Gasteiger partial charge in [0, 0.05) is 57.2 Å². The van der Waals surface area contributed by atoms with Gasteiger partial charge >= 0.3 is 0 Å². The van der Waals surface area contributed by atoms with Crippen LogP contribution in [0, 0.1) is 11.8 Å². The molecular formula is C19H27N5O3S. The molecule has 28 heavy (non-hydrogen) atoms. The van der Waals surface area contributed by atoms with Gasteiger partial charge in [-0.05, 0) is 37.5 Å². The van der Waals surface area contributed by atoms with E-state index in [1.807, 2.05) is 10.9 Å². The van der Waals surface area contributed by atoms with Gasteiger partial charge in [-0.25, -0.2) is 13.4 Å². The molecule has 1 unspecified atom stereocenters. The van der Waals surface area contributed by atoms with Crippen molar-refractivity contribution in [1.82, 2.24) is 23.6 Å². The molecule has 5 rings (SSSR count). The number of aryl methyl sites for hydroxylation is 1. The number of hydrogen-bond acceptors (Lipinski definition) is 5. The molecule has 9 heteroatoms. The van der Waals surface area contributed by atoms with Gasteiger partial charge in [0.05, 0.1) is 18.6 Å². The van der Waals surface area contributed by atoms with Crippen LogP contribution < -0.4 is 0 Å². The largest absolute Gasteiger partial charge is 0.380 e. The highest BCUT2D eigenvalue weighted by Gasteiger charge is 2.37. The average molecular weight is 406 g/mol. The highest BCUT2D eigenvalue weighted by Crippen LogP contribution is 2.35. The zero-order valence-electron chi connectivity index (χ0n) is 16.2. The lowest BCUT2D eigenvalue weighted by Gasteiger charge is -2.30. The Morgan fingerprint density at radius 2 is 1.93 bits per heavy atom. The maximum absolute atomic E-state index is 13.1. The molecule has 2 saturated carbocycles. The maximum Gasteiger partial charge on any atom is 0.262 e. The van der Waals surface area contributed by atoms with E-state index in [1.165, 1.54) is 36.3 Å².